The normalized spacial score (nSPS) is 11.7. The predicted octanol–water partition coefficient (Wildman–Crippen LogP) is 13.9. The summed E-state index contributed by atoms with van der Waals surface area (Å²) in [6, 6.07) is 63.2. The van der Waals surface area contributed by atoms with Gasteiger partial charge in [0.05, 0.1) is 5.69 Å². The van der Waals surface area contributed by atoms with Gasteiger partial charge in [0.1, 0.15) is 5.58 Å². The Morgan fingerprint density at radius 1 is 0.429 bits per heavy atom. The van der Waals surface area contributed by atoms with E-state index in [0.717, 1.165) is 44.6 Å². The summed E-state index contributed by atoms with van der Waals surface area (Å²) >= 11 is 1.84. The Balaban J connectivity index is 1.22. The van der Waals surface area contributed by atoms with Crippen molar-refractivity contribution in [1.82, 2.24) is 0 Å². The van der Waals surface area contributed by atoms with Crippen molar-refractivity contribution in [1.29, 1.82) is 0 Å². The molecule has 0 aliphatic heterocycles. The second-order valence-electron chi connectivity index (χ2n) is 12.5. The summed E-state index contributed by atoms with van der Waals surface area (Å²) in [4.78, 5) is 2.37. The number of nitrogens with zero attached hydrogens (tertiary/aromatic N) is 1. The van der Waals surface area contributed by atoms with Crippen LogP contribution in [0.3, 0.4) is 0 Å². The first kappa shape index (κ1) is 27.9. The van der Waals surface area contributed by atoms with Crippen LogP contribution in [0.15, 0.2) is 180 Å². The highest BCUT2D eigenvalue weighted by Gasteiger charge is 2.23. The number of benzene rings is 8. The van der Waals surface area contributed by atoms with Crippen LogP contribution in [0.25, 0.3) is 75.1 Å². The fourth-order valence-electron chi connectivity index (χ4n) is 7.31. The molecule has 0 aliphatic rings. The lowest BCUT2D eigenvalue weighted by atomic mass is 9.97. The Bertz CT molecular complexity index is 2830. The van der Waals surface area contributed by atoms with E-state index in [1.807, 2.05) is 17.4 Å². The van der Waals surface area contributed by atoms with Crippen LogP contribution in [-0.2, 0) is 0 Å². The first-order valence-electron chi connectivity index (χ1n) is 16.6. The number of hydrogen-bond donors (Lipinski definition) is 0. The number of rotatable bonds is 5. The Labute approximate surface area is 287 Å². The molecule has 0 saturated carbocycles. The Kier molecular flexibility index (Phi) is 6.39. The molecule has 0 N–H and O–H groups in total. The molecule has 8 aromatic carbocycles. The van der Waals surface area contributed by atoms with Gasteiger partial charge in [0.2, 0.25) is 0 Å². The van der Waals surface area contributed by atoms with Crippen LogP contribution in [0.1, 0.15) is 0 Å². The third kappa shape index (κ3) is 4.62. The Hall–Kier alpha value is -6.16. The maximum atomic E-state index is 6.82. The van der Waals surface area contributed by atoms with Crippen molar-refractivity contribution in [3.63, 3.8) is 0 Å². The van der Waals surface area contributed by atoms with Gasteiger partial charge < -0.3 is 9.32 Å². The molecular formula is C46H29NOS. The first-order valence-corrected chi connectivity index (χ1v) is 17.4. The average Bonchev–Trinajstić information content (AvgIpc) is 3.74. The van der Waals surface area contributed by atoms with Gasteiger partial charge in [-0.1, -0.05) is 127 Å². The van der Waals surface area contributed by atoms with Crippen LogP contribution in [0.4, 0.5) is 17.1 Å². The van der Waals surface area contributed by atoms with Gasteiger partial charge in [-0.05, 0) is 81.6 Å². The smallest absolute Gasteiger partial charge is 0.160 e. The van der Waals surface area contributed by atoms with Gasteiger partial charge in [-0.2, -0.15) is 0 Å². The van der Waals surface area contributed by atoms with Crippen molar-refractivity contribution in [2.75, 3.05) is 4.90 Å². The van der Waals surface area contributed by atoms with Gasteiger partial charge in [0.15, 0.2) is 5.58 Å². The van der Waals surface area contributed by atoms with Crippen LogP contribution in [0.2, 0.25) is 0 Å². The zero-order valence-corrected chi connectivity index (χ0v) is 27.3. The number of para-hydroxylation sites is 1. The standard InChI is InChI=1S/C46H29NOS/c1-3-11-30(12-4-1)32-19-20-34-28-35(22-21-33(34)27-32)47(36-23-24-39-38-15-8-10-18-43(38)49-44(39)29-36)41-26-25-37(31-13-5-2-6-14-31)45-40-16-7-9-17-42(40)48-46(41)45/h1-29H. The minimum atomic E-state index is 0.874. The van der Waals surface area contributed by atoms with Crippen molar-refractivity contribution >= 4 is 81.3 Å². The van der Waals surface area contributed by atoms with Crippen LogP contribution >= 0.6 is 11.3 Å². The summed E-state index contributed by atoms with van der Waals surface area (Å²) in [5, 5.41) is 7.22. The molecule has 0 aliphatic carbocycles. The van der Waals surface area contributed by atoms with Gasteiger partial charge in [-0.25, -0.2) is 0 Å². The van der Waals surface area contributed by atoms with E-state index in [9.17, 15) is 0 Å². The summed E-state index contributed by atoms with van der Waals surface area (Å²) < 4.78 is 9.38. The number of anilines is 3. The van der Waals surface area contributed by atoms with Gasteiger partial charge >= 0.3 is 0 Å². The second kappa shape index (κ2) is 11.2. The predicted molar refractivity (Wildman–Crippen MR) is 210 cm³/mol. The quantitative estimate of drug-likeness (QED) is 0.186. The maximum Gasteiger partial charge on any atom is 0.160 e. The lowest BCUT2D eigenvalue weighted by molar-refractivity contribution is 0.669. The molecule has 0 amide bonds. The zero-order valence-electron chi connectivity index (χ0n) is 26.5. The minimum absolute atomic E-state index is 0.874. The lowest BCUT2D eigenvalue weighted by Crippen LogP contribution is -2.10. The van der Waals surface area contributed by atoms with E-state index in [1.54, 1.807) is 0 Å². The highest BCUT2D eigenvalue weighted by molar-refractivity contribution is 7.25. The van der Waals surface area contributed by atoms with Crippen molar-refractivity contribution in [3.05, 3.63) is 176 Å². The number of furan rings is 1. The van der Waals surface area contributed by atoms with Crippen LogP contribution < -0.4 is 4.90 Å². The summed E-state index contributed by atoms with van der Waals surface area (Å²) in [7, 11) is 0. The fourth-order valence-corrected chi connectivity index (χ4v) is 8.45. The minimum Gasteiger partial charge on any atom is -0.454 e. The summed E-state index contributed by atoms with van der Waals surface area (Å²) in [5.41, 5.74) is 9.70. The molecular weight excluding hydrogens is 615 g/mol. The molecule has 0 bridgehead atoms. The zero-order chi connectivity index (χ0) is 32.3. The molecule has 2 aromatic heterocycles. The maximum absolute atomic E-state index is 6.82. The SMILES string of the molecule is c1ccc(-c2ccc3cc(N(c4ccc5c(c4)sc4ccccc45)c4ccc(-c5ccccc5)c5c4oc4ccccc45)ccc3c2)cc1. The third-order valence-corrected chi connectivity index (χ3v) is 10.8. The average molecular weight is 644 g/mol. The van der Waals surface area contributed by atoms with Gasteiger partial charge in [-0.15, -0.1) is 11.3 Å². The van der Waals surface area contributed by atoms with Crippen LogP contribution in [-0.4, -0.2) is 0 Å². The highest BCUT2D eigenvalue weighted by Crippen LogP contribution is 2.47. The summed E-state index contributed by atoms with van der Waals surface area (Å²) in [5.74, 6) is 0. The van der Waals surface area contributed by atoms with E-state index in [0.29, 0.717) is 0 Å². The Morgan fingerprint density at radius 2 is 1.08 bits per heavy atom. The molecule has 2 nitrogen and oxygen atoms in total. The van der Waals surface area contributed by atoms with E-state index in [4.69, 9.17) is 4.42 Å². The highest BCUT2D eigenvalue weighted by atomic mass is 32.1. The molecule has 3 heteroatoms. The molecule has 10 rings (SSSR count). The molecule has 0 fully saturated rings. The summed E-state index contributed by atoms with van der Waals surface area (Å²) in [6.07, 6.45) is 0. The topological polar surface area (TPSA) is 16.4 Å². The van der Waals surface area contributed by atoms with Gasteiger partial charge in [0, 0.05) is 42.3 Å². The second-order valence-corrected chi connectivity index (χ2v) is 13.6. The molecule has 0 spiro atoms. The van der Waals surface area contributed by atoms with E-state index in [-0.39, 0.29) is 0 Å². The molecule has 0 unspecified atom stereocenters. The molecule has 10 aromatic rings. The monoisotopic (exact) mass is 643 g/mol. The first-order chi connectivity index (χ1) is 24.3. The van der Waals surface area contributed by atoms with Crippen molar-refractivity contribution in [2.24, 2.45) is 0 Å². The lowest BCUT2D eigenvalue weighted by Gasteiger charge is -2.26. The van der Waals surface area contributed by atoms with Crippen molar-refractivity contribution in [2.45, 2.75) is 0 Å². The van der Waals surface area contributed by atoms with E-state index in [1.165, 1.54) is 47.6 Å². The molecule has 0 radical (unpaired) electrons. The van der Waals surface area contributed by atoms with Crippen LogP contribution in [0.5, 0.6) is 0 Å². The molecule has 49 heavy (non-hydrogen) atoms. The number of fused-ring (bicyclic) bond motifs is 7. The van der Waals surface area contributed by atoms with Crippen LogP contribution in [0, 0.1) is 0 Å². The van der Waals surface area contributed by atoms with Gasteiger partial charge in [0.25, 0.3) is 0 Å². The molecule has 0 atom stereocenters. The largest absolute Gasteiger partial charge is 0.454 e. The third-order valence-electron chi connectivity index (χ3n) is 9.64. The van der Waals surface area contributed by atoms with Crippen molar-refractivity contribution in [3.8, 4) is 22.3 Å². The van der Waals surface area contributed by atoms with Crippen molar-refractivity contribution < 1.29 is 4.42 Å². The summed E-state index contributed by atoms with van der Waals surface area (Å²) in [6.45, 7) is 0. The molecule has 230 valence electrons. The number of hydrogen-bond acceptors (Lipinski definition) is 3. The molecule has 2 heterocycles. The van der Waals surface area contributed by atoms with E-state index in [2.05, 4.69) is 175 Å². The fraction of sp³-hybridized carbons (Fsp3) is 0. The molecule has 0 saturated heterocycles. The van der Waals surface area contributed by atoms with Gasteiger partial charge in [-0.3, -0.25) is 0 Å². The van der Waals surface area contributed by atoms with E-state index < -0.39 is 0 Å². The Morgan fingerprint density at radius 3 is 1.94 bits per heavy atom. The van der Waals surface area contributed by atoms with E-state index >= 15 is 0 Å². The number of thiophene rings is 1.